The first-order valence-corrected chi connectivity index (χ1v) is 7.55. The SMILES string of the molecule is Cc1cc(C(=O)NCC2(C)CCC2)cc(C)c1OCC(=O)O. The minimum Gasteiger partial charge on any atom is -0.481 e. The highest BCUT2D eigenvalue weighted by atomic mass is 16.5. The summed E-state index contributed by atoms with van der Waals surface area (Å²) < 4.78 is 5.27. The van der Waals surface area contributed by atoms with Gasteiger partial charge in [-0.3, -0.25) is 4.79 Å². The number of hydrogen-bond donors (Lipinski definition) is 2. The molecule has 2 rings (SSSR count). The van der Waals surface area contributed by atoms with Crippen LogP contribution in [0.3, 0.4) is 0 Å². The number of rotatable bonds is 6. The Morgan fingerprint density at radius 1 is 1.27 bits per heavy atom. The third-order valence-corrected chi connectivity index (χ3v) is 4.30. The smallest absolute Gasteiger partial charge is 0.341 e. The number of amides is 1. The maximum absolute atomic E-state index is 12.3. The molecule has 1 aliphatic rings. The molecule has 120 valence electrons. The Bertz CT molecular complexity index is 567. The van der Waals surface area contributed by atoms with E-state index in [2.05, 4.69) is 12.2 Å². The Hall–Kier alpha value is -2.04. The molecule has 0 heterocycles. The zero-order chi connectivity index (χ0) is 16.3. The fraction of sp³-hybridized carbons (Fsp3) is 0.529. The lowest BCUT2D eigenvalue weighted by Gasteiger charge is -2.38. The molecule has 5 heteroatoms. The van der Waals surface area contributed by atoms with Crippen molar-refractivity contribution in [2.75, 3.05) is 13.2 Å². The normalized spacial score (nSPS) is 15.8. The van der Waals surface area contributed by atoms with Gasteiger partial charge >= 0.3 is 5.97 Å². The van der Waals surface area contributed by atoms with Crippen molar-refractivity contribution in [3.05, 3.63) is 28.8 Å². The van der Waals surface area contributed by atoms with Gasteiger partial charge in [0.05, 0.1) is 0 Å². The molecule has 1 aliphatic carbocycles. The molecule has 1 saturated carbocycles. The third kappa shape index (κ3) is 3.78. The summed E-state index contributed by atoms with van der Waals surface area (Å²) in [6, 6.07) is 3.48. The number of aliphatic carboxylic acids is 1. The Morgan fingerprint density at radius 3 is 2.32 bits per heavy atom. The first-order valence-electron chi connectivity index (χ1n) is 7.55. The van der Waals surface area contributed by atoms with Crippen LogP contribution in [0.1, 0.15) is 47.7 Å². The molecule has 1 aromatic rings. The fourth-order valence-corrected chi connectivity index (χ4v) is 2.80. The van der Waals surface area contributed by atoms with Gasteiger partial charge in [-0.05, 0) is 55.4 Å². The molecule has 0 aromatic heterocycles. The fourth-order valence-electron chi connectivity index (χ4n) is 2.80. The average molecular weight is 305 g/mol. The maximum atomic E-state index is 12.3. The molecule has 0 atom stereocenters. The van der Waals surface area contributed by atoms with E-state index in [4.69, 9.17) is 9.84 Å². The third-order valence-electron chi connectivity index (χ3n) is 4.30. The van der Waals surface area contributed by atoms with Crippen molar-refractivity contribution in [3.8, 4) is 5.75 Å². The summed E-state index contributed by atoms with van der Waals surface area (Å²) in [5, 5.41) is 11.7. The van der Waals surface area contributed by atoms with Crippen molar-refractivity contribution in [2.24, 2.45) is 5.41 Å². The molecule has 0 unspecified atom stereocenters. The molecule has 0 radical (unpaired) electrons. The van der Waals surface area contributed by atoms with Gasteiger partial charge in [0.2, 0.25) is 0 Å². The number of carbonyl (C=O) groups excluding carboxylic acids is 1. The van der Waals surface area contributed by atoms with E-state index in [1.807, 2.05) is 13.8 Å². The number of benzene rings is 1. The second-order valence-corrected chi connectivity index (χ2v) is 6.47. The number of carbonyl (C=O) groups is 2. The number of carboxylic acid groups (broad SMARTS) is 1. The molecular weight excluding hydrogens is 282 g/mol. The number of hydrogen-bond acceptors (Lipinski definition) is 3. The molecular formula is C17H23NO4. The number of carboxylic acids is 1. The lowest BCUT2D eigenvalue weighted by Crippen LogP contribution is -2.39. The zero-order valence-electron chi connectivity index (χ0n) is 13.4. The predicted molar refractivity (Wildman–Crippen MR) is 83.3 cm³/mol. The van der Waals surface area contributed by atoms with Crippen LogP contribution in [0.2, 0.25) is 0 Å². The van der Waals surface area contributed by atoms with E-state index in [0.717, 1.165) is 24.0 Å². The Kier molecular flexibility index (Phi) is 4.74. The zero-order valence-corrected chi connectivity index (χ0v) is 13.4. The monoisotopic (exact) mass is 305 g/mol. The highest BCUT2D eigenvalue weighted by Crippen LogP contribution is 2.39. The van der Waals surface area contributed by atoms with Crippen LogP contribution in [0, 0.1) is 19.3 Å². The summed E-state index contributed by atoms with van der Waals surface area (Å²) in [5.74, 6) is -0.580. The van der Waals surface area contributed by atoms with E-state index in [-0.39, 0.29) is 17.9 Å². The summed E-state index contributed by atoms with van der Waals surface area (Å²) in [6.45, 7) is 6.13. The van der Waals surface area contributed by atoms with Gasteiger partial charge < -0.3 is 15.2 Å². The summed E-state index contributed by atoms with van der Waals surface area (Å²) in [5.41, 5.74) is 2.35. The van der Waals surface area contributed by atoms with Crippen LogP contribution in [0.25, 0.3) is 0 Å². The van der Waals surface area contributed by atoms with Crippen LogP contribution in [-0.4, -0.2) is 30.1 Å². The summed E-state index contributed by atoms with van der Waals surface area (Å²) in [6.07, 6.45) is 3.56. The van der Waals surface area contributed by atoms with Crippen LogP contribution in [-0.2, 0) is 4.79 Å². The maximum Gasteiger partial charge on any atom is 0.341 e. The quantitative estimate of drug-likeness (QED) is 0.847. The summed E-state index contributed by atoms with van der Waals surface area (Å²) >= 11 is 0. The minimum atomic E-state index is -1.02. The number of aryl methyl sites for hydroxylation is 2. The van der Waals surface area contributed by atoms with Crippen LogP contribution < -0.4 is 10.1 Å². The van der Waals surface area contributed by atoms with Crippen LogP contribution in [0.4, 0.5) is 0 Å². The Morgan fingerprint density at radius 2 is 1.86 bits per heavy atom. The van der Waals surface area contributed by atoms with Crippen molar-refractivity contribution in [1.29, 1.82) is 0 Å². The molecule has 22 heavy (non-hydrogen) atoms. The largest absolute Gasteiger partial charge is 0.481 e. The number of nitrogens with one attached hydrogen (secondary N) is 1. The second kappa shape index (κ2) is 6.38. The molecule has 5 nitrogen and oxygen atoms in total. The molecule has 1 aromatic carbocycles. The van der Waals surface area contributed by atoms with E-state index in [1.165, 1.54) is 6.42 Å². The lowest BCUT2D eigenvalue weighted by atomic mass is 9.70. The van der Waals surface area contributed by atoms with Crippen molar-refractivity contribution >= 4 is 11.9 Å². The summed E-state index contributed by atoms with van der Waals surface area (Å²) in [7, 11) is 0. The molecule has 0 spiro atoms. The van der Waals surface area contributed by atoms with Crippen LogP contribution in [0.15, 0.2) is 12.1 Å². The topological polar surface area (TPSA) is 75.6 Å². The average Bonchev–Trinajstić information content (AvgIpc) is 2.41. The van der Waals surface area contributed by atoms with E-state index in [0.29, 0.717) is 17.9 Å². The molecule has 1 fully saturated rings. The second-order valence-electron chi connectivity index (χ2n) is 6.47. The van der Waals surface area contributed by atoms with E-state index in [9.17, 15) is 9.59 Å². The number of ether oxygens (including phenoxy) is 1. The molecule has 0 bridgehead atoms. The first-order chi connectivity index (χ1) is 10.3. The van der Waals surface area contributed by atoms with Gasteiger partial charge in [0, 0.05) is 12.1 Å². The highest BCUT2D eigenvalue weighted by molar-refractivity contribution is 5.95. The van der Waals surface area contributed by atoms with Gasteiger partial charge in [0.15, 0.2) is 6.61 Å². The minimum absolute atomic E-state index is 0.0934. The molecule has 0 saturated heterocycles. The first kappa shape index (κ1) is 16.3. The van der Waals surface area contributed by atoms with Crippen molar-refractivity contribution in [1.82, 2.24) is 5.32 Å². The van der Waals surface area contributed by atoms with Gasteiger partial charge in [-0.2, -0.15) is 0 Å². The van der Waals surface area contributed by atoms with E-state index in [1.54, 1.807) is 12.1 Å². The predicted octanol–water partition coefficient (Wildman–Crippen LogP) is 2.69. The Labute approximate surface area is 130 Å². The van der Waals surface area contributed by atoms with Gasteiger partial charge in [-0.15, -0.1) is 0 Å². The van der Waals surface area contributed by atoms with Gasteiger partial charge in [-0.25, -0.2) is 4.79 Å². The van der Waals surface area contributed by atoms with Gasteiger partial charge in [-0.1, -0.05) is 13.3 Å². The van der Waals surface area contributed by atoms with Gasteiger partial charge in [0.25, 0.3) is 5.91 Å². The lowest BCUT2D eigenvalue weighted by molar-refractivity contribution is -0.139. The van der Waals surface area contributed by atoms with Crippen molar-refractivity contribution < 1.29 is 19.4 Å². The van der Waals surface area contributed by atoms with Gasteiger partial charge in [0.1, 0.15) is 5.75 Å². The van der Waals surface area contributed by atoms with Crippen molar-refractivity contribution in [2.45, 2.75) is 40.0 Å². The molecule has 0 aliphatic heterocycles. The van der Waals surface area contributed by atoms with E-state index < -0.39 is 5.97 Å². The highest BCUT2D eigenvalue weighted by Gasteiger charge is 2.32. The Balaban J connectivity index is 2.05. The van der Waals surface area contributed by atoms with Crippen LogP contribution >= 0.6 is 0 Å². The van der Waals surface area contributed by atoms with E-state index >= 15 is 0 Å². The molecule has 1 amide bonds. The summed E-state index contributed by atoms with van der Waals surface area (Å²) in [4.78, 5) is 22.9. The standard InChI is InChI=1S/C17H23NO4/c1-11-7-13(8-12(2)15(11)22-9-14(19)20)16(21)18-10-17(3)5-4-6-17/h7-8H,4-6,9-10H2,1-3H3,(H,18,21)(H,19,20). The van der Waals surface area contributed by atoms with Crippen molar-refractivity contribution in [3.63, 3.8) is 0 Å². The van der Waals surface area contributed by atoms with Crippen LogP contribution in [0.5, 0.6) is 5.75 Å². The molecule has 2 N–H and O–H groups in total.